The largest absolute Gasteiger partial charge is 0.416 e. The van der Waals surface area contributed by atoms with E-state index in [4.69, 9.17) is 11.6 Å². The Morgan fingerprint density at radius 1 is 1.28 bits per heavy atom. The summed E-state index contributed by atoms with van der Waals surface area (Å²) in [6.07, 6.45) is -3.32. The average Bonchev–Trinajstić information content (AvgIpc) is 3.10. The molecule has 0 unspecified atom stereocenters. The Morgan fingerprint density at radius 3 is 2.66 bits per heavy atom. The van der Waals surface area contributed by atoms with Gasteiger partial charge in [-0.3, -0.25) is 4.79 Å². The summed E-state index contributed by atoms with van der Waals surface area (Å²) in [6, 6.07) is 7.20. The van der Waals surface area contributed by atoms with Gasteiger partial charge in [0.15, 0.2) is 11.6 Å². The van der Waals surface area contributed by atoms with Gasteiger partial charge in [0.1, 0.15) is 10.9 Å². The molecule has 3 aromatic rings. The average molecular weight is 509 g/mol. The quantitative estimate of drug-likeness (QED) is 0.519. The highest BCUT2D eigenvalue weighted by molar-refractivity contribution is 9.10. The minimum Gasteiger partial charge on any atom is -0.342 e. The number of halogens is 5. The fraction of sp³-hybridized carbons (Fsp3) is 0.176. The summed E-state index contributed by atoms with van der Waals surface area (Å²) in [7, 11) is 0. The van der Waals surface area contributed by atoms with Gasteiger partial charge in [-0.05, 0) is 53.2 Å². The summed E-state index contributed by atoms with van der Waals surface area (Å²) >= 11 is 9.00. The summed E-state index contributed by atoms with van der Waals surface area (Å²) in [5, 5.41) is 6.51. The zero-order chi connectivity index (χ0) is 20.5. The van der Waals surface area contributed by atoms with Gasteiger partial charge in [0.25, 0.3) is 5.91 Å². The van der Waals surface area contributed by atoms with E-state index in [0.717, 1.165) is 12.1 Å². The number of nitrogens with one attached hydrogen (secondary N) is 1. The Kier molecular flexibility index (Phi) is 7.30. The van der Waals surface area contributed by atoms with Gasteiger partial charge in [-0.1, -0.05) is 17.7 Å². The van der Waals surface area contributed by atoms with Gasteiger partial charge < -0.3 is 5.32 Å². The van der Waals surface area contributed by atoms with Crippen molar-refractivity contribution in [3.05, 3.63) is 69.3 Å². The first-order valence-corrected chi connectivity index (χ1v) is 9.04. The molecule has 0 spiro atoms. The highest BCUT2D eigenvalue weighted by Crippen LogP contribution is 2.32. The summed E-state index contributed by atoms with van der Waals surface area (Å²) in [6.45, 7) is 1.63. The molecule has 12 heteroatoms. The van der Waals surface area contributed by atoms with Crippen molar-refractivity contribution in [2.24, 2.45) is 0 Å². The second-order valence-corrected chi connectivity index (χ2v) is 7.02. The molecule has 6 nitrogen and oxygen atoms in total. The molecule has 1 aromatic carbocycles. The van der Waals surface area contributed by atoms with E-state index in [9.17, 15) is 18.0 Å². The number of alkyl halides is 3. The lowest BCUT2D eigenvalue weighted by Gasteiger charge is -2.15. The van der Waals surface area contributed by atoms with Crippen molar-refractivity contribution in [1.29, 1.82) is 0 Å². The Bertz CT molecular complexity index is 1030. The fourth-order valence-corrected chi connectivity index (χ4v) is 3.04. The Hall–Kier alpha value is -2.11. The molecular formula is C17H14BrClF3N5OS. The Labute approximate surface area is 184 Å². The molecule has 154 valence electrons. The van der Waals surface area contributed by atoms with E-state index in [-0.39, 0.29) is 24.1 Å². The molecule has 0 saturated carbocycles. The highest BCUT2D eigenvalue weighted by atomic mass is 79.9. The molecule has 1 N–H and O–H groups in total. The van der Waals surface area contributed by atoms with Crippen molar-refractivity contribution in [1.82, 2.24) is 25.1 Å². The number of hydrogen-bond acceptors (Lipinski definition) is 4. The van der Waals surface area contributed by atoms with E-state index < -0.39 is 23.7 Å². The van der Waals surface area contributed by atoms with Crippen LogP contribution in [0.4, 0.5) is 13.2 Å². The van der Waals surface area contributed by atoms with E-state index in [1.807, 2.05) is 0 Å². The van der Waals surface area contributed by atoms with Crippen molar-refractivity contribution in [3.8, 4) is 5.82 Å². The van der Waals surface area contributed by atoms with Gasteiger partial charge >= 0.3 is 6.18 Å². The third-order valence-electron chi connectivity index (χ3n) is 3.71. The van der Waals surface area contributed by atoms with Gasteiger partial charge in [-0.15, -0.1) is 0 Å². The minimum absolute atomic E-state index is 0. The number of carbonyl (C=O) groups is 1. The van der Waals surface area contributed by atoms with Crippen LogP contribution in [0, 0.1) is 0 Å². The molecule has 0 saturated heterocycles. The van der Waals surface area contributed by atoms with Crippen LogP contribution < -0.4 is 5.32 Å². The van der Waals surface area contributed by atoms with E-state index >= 15 is 0 Å². The molecule has 0 fully saturated rings. The Morgan fingerprint density at radius 2 is 2.00 bits per heavy atom. The third-order valence-corrected chi connectivity index (χ3v) is 4.37. The minimum atomic E-state index is -4.61. The van der Waals surface area contributed by atoms with Crippen molar-refractivity contribution in [2.75, 3.05) is 0 Å². The maximum absolute atomic E-state index is 12.9. The predicted molar refractivity (Wildman–Crippen MR) is 110 cm³/mol. The molecule has 2 aromatic heterocycles. The molecule has 29 heavy (non-hydrogen) atoms. The number of hydrogen-bond donors (Lipinski definition) is 1. The Balaban J connectivity index is 0.00000300. The summed E-state index contributed by atoms with van der Waals surface area (Å²) in [5.74, 6) is 0.0966. The molecule has 3 rings (SSSR count). The lowest BCUT2D eigenvalue weighted by molar-refractivity contribution is -0.137. The molecule has 0 aliphatic carbocycles. The van der Waals surface area contributed by atoms with Crippen molar-refractivity contribution < 1.29 is 18.0 Å². The maximum Gasteiger partial charge on any atom is 0.416 e. The smallest absolute Gasteiger partial charge is 0.342 e. The van der Waals surface area contributed by atoms with E-state index in [0.29, 0.717) is 16.2 Å². The number of aromatic nitrogens is 4. The number of benzene rings is 1. The van der Waals surface area contributed by atoms with Crippen LogP contribution in [0.25, 0.3) is 5.82 Å². The summed E-state index contributed by atoms with van der Waals surface area (Å²) < 4.78 is 40.9. The first-order chi connectivity index (χ1) is 13.1. The van der Waals surface area contributed by atoms with Crippen LogP contribution in [-0.2, 0) is 6.18 Å². The highest BCUT2D eigenvalue weighted by Gasteiger charge is 2.32. The second kappa shape index (κ2) is 9.14. The monoisotopic (exact) mass is 507 g/mol. The molecule has 1 atom stereocenters. The zero-order valence-corrected chi connectivity index (χ0v) is 18.0. The van der Waals surface area contributed by atoms with Gasteiger partial charge in [-0.2, -0.15) is 36.4 Å². The molecule has 0 aliphatic rings. The van der Waals surface area contributed by atoms with Crippen LogP contribution in [0.1, 0.15) is 34.7 Å². The van der Waals surface area contributed by atoms with E-state index in [1.54, 1.807) is 25.1 Å². The van der Waals surface area contributed by atoms with Gasteiger partial charge in [-0.25, -0.2) is 9.97 Å². The predicted octanol–water partition coefficient (Wildman–Crippen LogP) is 4.70. The first kappa shape index (κ1) is 23.2. The fourth-order valence-electron chi connectivity index (χ4n) is 2.47. The van der Waals surface area contributed by atoms with Crippen LogP contribution in [0.2, 0.25) is 5.02 Å². The molecular weight excluding hydrogens is 495 g/mol. The first-order valence-electron chi connectivity index (χ1n) is 7.86. The van der Waals surface area contributed by atoms with Gasteiger partial charge in [0.2, 0.25) is 0 Å². The van der Waals surface area contributed by atoms with Crippen molar-refractivity contribution in [2.45, 2.75) is 19.1 Å². The topological polar surface area (TPSA) is 72.7 Å². The number of nitrogens with zero attached hydrogens (tertiary/aromatic N) is 4. The molecule has 0 aliphatic heterocycles. The molecule has 1 amide bonds. The normalized spacial score (nSPS) is 12.2. The number of amides is 1. The van der Waals surface area contributed by atoms with E-state index in [2.05, 4.69) is 36.3 Å². The third kappa shape index (κ3) is 5.49. The number of pyridine rings is 1. The second-order valence-electron chi connectivity index (χ2n) is 5.77. The zero-order valence-electron chi connectivity index (χ0n) is 14.7. The van der Waals surface area contributed by atoms with Crippen molar-refractivity contribution in [3.63, 3.8) is 0 Å². The van der Waals surface area contributed by atoms with Crippen LogP contribution >= 0.6 is 41.0 Å². The molecule has 2 heterocycles. The standard InChI is InChI=1S/C17H12BrClF3N5O.H2S/c1-9(15-23-8-24-27(15)14-4-2-3-13(18)26-14)25-16(28)10-5-11(17(20,21)22)7-12(19)6-10;/h2-9H,1H3,(H,25,28);1H2/t9-;/m0./s1. The summed E-state index contributed by atoms with van der Waals surface area (Å²) in [5.41, 5.74) is -1.21. The van der Waals surface area contributed by atoms with Crippen LogP contribution in [-0.4, -0.2) is 25.7 Å². The lowest BCUT2D eigenvalue weighted by Crippen LogP contribution is -2.29. The van der Waals surface area contributed by atoms with Crippen LogP contribution in [0.3, 0.4) is 0 Å². The number of carbonyl (C=O) groups excluding carboxylic acids is 1. The number of rotatable bonds is 4. The van der Waals surface area contributed by atoms with Crippen LogP contribution in [0.15, 0.2) is 47.3 Å². The van der Waals surface area contributed by atoms with Crippen LogP contribution in [0.5, 0.6) is 0 Å². The molecule has 0 radical (unpaired) electrons. The SMILES string of the molecule is C[C@H](NC(=O)c1cc(Cl)cc(C(F)(F)F)c1)c1ncnn1-c1cccc(Br)n1.S. The maximum atomic E-state index is 12.9. The molecule has 0 bridgehead atoms. The van der Waals surface area contributed by atoms with Gasteiger partial charge in [0, 0.05) is 10.6 Å². The van der Waals surface area contributed by atoms with E-state index in [1.165, 1.54) is 17.1 Å². The van der Waals surface area contributed by atoms with Crippen molar-refractivity contribution >= 4 is 46.9 Å². The van der Waals surface area contributed by atoms with Gasteiger partial charge in [0.05, 0.1) is 11.6 Å². The summed E-state index contributed by atoms with van der Waals surface area (Å²) in [4.78, 5) is 20.9. The lowest BCUT2D eigenvalue weighted by atomic mass is 10.1.